The number of nitrogens with zero attached hydrogens (tertiary/aromatic N) is 2. The van der Waals surface area contributed by atoms with Crippen LogP contribution in [0.15, 0.2) is 22.8 Å². The first kappa shape index (κ1) is 15.1. The van der Waals surface area contributed by atoms with Crippen LogP contribution in [-0.2, 0) is 0 Å². The second-order valence-corrected chi connectivity index (χ2v) is 6.51. The maximum absolute atomic E-state index is 5.43. The Labute approximate surface area is 128 Å². The van der Waals surface area contributed by atoms with E-state index in [4.69, 9.17) is 4.42 Å². The molecule has 1 aromatic heterocycles. The maximum atomic E-state index is 5.43. The van der Waals surface area contributed by atoms with Crippen LogP contribution in [0.5, 0.6) is 0 Å². The topological polar surface area (TPSA) is 31.6 Å². The van der Waals surface area contributed by atoms with E-state index in [2.05, 4.69) is 22.0 Å². The molecule has 1 aliphatic carbocycles. The van der Waals surface area contributed by atoms with Gasteiger partial charge in [0.15, 0.2) is 0 Å². The first-order chi connectivity index (χ1) is 10.3. The first-order valence-electron chi connectivity index (χ1n) is 8.56. The number of piperazine rings is 1. The normalized spacial score (nSPS) is 23.7. The molecule has 3 rings (SSSR count). The van der Waals surface area contributed by atoms with Crippen molar-refractivity contribution in [1.82, 2.24) is 15.1 Å². The van der Waals surface area contributed by atoms with Crippen LogP contribution in [-0.4, -0.2) is 55.1 Å². The summed E-state index contributed by atoms with van der Waals surface area (Å²) in [6, 6.07) is 5.19. The van der Waals surface area contributed by atoms with Gasteiger partial charge in [0.25, 0.3) is 0 Å². The zero-order valence-corrected chi connectivity index (χ0v) is 13.3. The van der Waals surface area contributed by atoms with Crippen molar-refractivity contribution in [2.45, 2.75) is 44.7 Å². The molecule has 0 spiro atoms. The lowest BCUT2D eigenvalue weighted by Crippen LogP contribution is -2.50. The highest BCUT2D eigenvalue weighted by Gasteiger charge is 2.25. The maximum Gasteiger partial charge on any atom is 0.120 e. The molecule has 21 heavy (non-hydrogen) atoms. The summed E-state index contributed by atoms with van der Waals surface area (Å²) >= 11 is 0. The quantitative estimate of drug-likeness (QED) is 0.872. The van der Waals surface area contributed by atoms with E-state index in [1.54, 1.807) is 6.26 Å². The smallest absolute Gasteiger partial charge is 0.120 e. The molecule has 1 saturated heterocycles. The third-order valence-electron chi connectivity index (χ3n) is 5.10. The minimum atomic E-state index is 0.305. The summed E-state index contributed by atoms with van der Waals surface area (Å²) in [6.45, 7) is 9.32. The molecule has 1 aliphatic heterocycles. The molecule has 0 aromatic carbocycles. The Hall–Kier alpha value is -0.840. The van der Waals surface area contributed by atoms with Crippen LogP contribution in [0.1, 0.15) is 44.4 Å². The van der Waals surface area contributed by atoms with E-state index in [0.717, 1.165) is 24.9 Å². The molecule has 2 heterocycles. The number of rotatable bonds is 6. The molecule has 118 valence electrons. The van der Waals surface area contributed by atoms with Crippen molar-refractivity contribution in [2.24, 2.45) is 0 Å². The van der Waals surface area contributed by atoms with Gasteiger partial charge in [0.05, 0.1) is 12.3 Å². The second kappa shape index (κ2) is 7.43. The number of hydrogen-bond acceptors (Lipinski definition) is 4. The van der Waals surface area contributed by atoms with Crippen LogP contribution in [0.3, 0.4) is 0 Å². The van der Waals surface area contributed by atoms with E-state index in [1.165, 1.54) is 51.9 Å². The number of nitrogens with one attached hydrogen (secondary N) is 1. The van der Waals surface area contributed by atoms with E-state index < -0.39 is 0 Å². The van der Waals surface area contributed by atoms with Crippen LogP contribution in [0.2, 0.25) is 0 Å². The molecule has 1 unspecified atom stereocenters. The molecule has 1 aromatic rings. The fraction of sp³-hybridized carbons (Fsp3) is 0.765. The molecule has 1 atom stereocenters. The van der Waals surface area contributed by atoms with E-state index in [9.17, 15) is 0 Å². The van der Waals surface area contributed by atoms with Gasteiger partial charge in [0.2, 0.25) is 0 Å². The lowest BCUT2D eigenvalue weighted by molar-refractivity contribution is 0.0979. The number of hydrogen-bond donors (Lipinski definition) is 1. The molecule has 1 N–H and O–H groups in total. The highest BCUT2D eigenvalue weighted by atomic mass is 16.3. The van der Waals surface area contributed by atoms with Crippen molar-refractivity contribution >= 4 is 0 Å². The fourth-order valence-electron chi connectivity index (χ4n) is 3.70. The van der Waals surface area contributed by atoms with E-state index in [1.807, 2.05) is 12.1 Å². The third kappa shape index (κ3) is 4.09. The lowest BCUT2D eigenvalue weighted by Gasteiger charge is -2.38. The predicted octanol–water partition coefficient (Wildman–Crippen LogP) is 2.49. The van der Waals surface area contributed by atoms with Gasteiger partial charge in [0.1, 0.15) is 5.76 Å². The minimum Gasteiger partial charge on any atom is -0.468 e. The van der Waals surface area contributed by atoms with Gasteiger partial charge in [-0.15, -0.1) is 0 Å². The summed E-state index contributed by atoms with van der Waals surface area (Å²) in [6.07, 6.45) is 7.50. The molecular weight excluding hydrogens is 262 g/mol. The van der Waals surface area contributed by atoms with Crippen LogP contribution in [0, 0.1) is 0 Å². The van der Waals surface area contributed by atoms with Crippen molar-refractivity contribution in [2.75, 3.05) is 39.3 Å². The average Bonchev–Trinajstić information content (AvgIpc) is 3.21. The average molecular weight is 291 g/mol. The van der Waals surface area contributed by atoms with Crippen LogP contribution >= 0.6 is 0 Å². The molecule has 0 amide bonds. The van der Waals surface area contributed by atoms with Gasteiger partial charge in [-0.25, -0.2) is 0 Å². The Kier molecular flexibility index (Phi) is 5.33. The van der Waals surface area contributed by atoms with E-state index >= 15 is 0 Å². The molecular formula is C17H29N3O. The first-order valence-corrected chi connectivity index (χ1v) is 8.56. The highest BCUT2D eigenvalue weighted by molar-refractivity contribution is 5.02. The molecule has 4 nitrogen and oxygen atoms in total. The van der Waals surface area contributed by atoms with Crippen molar-refractivity contribution in [3.8, 4) is 0 Å². The van der Waals surface area contributed by atoms with Crippen molar-refractivity contribution in [1.29, 1.82) is 0 Å². The SMILES string of the molecule is CC(NCCN1CCN(C2CCCC2)CC1)c1ccco1. The zero-order chi connectivity index (χ0) is 14.5. The van der Waals surface area contributed by atoms with Crippen LogP contribution < -0.4 is 5.32 Å². The summed E-state index contributed by atoms with van der Waals surface area (Å²) in [7, 11) is 0. The lowest BCUT2D eigenvalue weighted by atomic mass is 10.2. The van der Waals surface area contributed by atoms with Crippen molar-refractivity contribution in [3.05, 3.63) is 24.2 Å². The van der Waals surface area contributed by atoms with Crippen LogP contribution in [0.4, 0.5) is 0 Å². The van der Waals surface area contributed by atoms with E-state index in [-0.39, 0.29) is 0 Å². The van der Waals surface area contributed by atoms with Gasteiger partial charge in [-0.05, 0) is 31.9 Å². The zero-order valence-electron chi connectivity index (χ0n) is 13.3. The van der Waals surface area contributed by atoms with Gasteiger partial charge < -0.3 is 9.73 Å². The fourth-order valence-corrected chi connectivity index (χ4v) is 3.70. The number of furan rings is 1. The molecule has 0 radical (unpaired) electrons. The highest BCUT2D eigenvalue weighted by Crippen LogP contribution is 2.24. The molecule has 1 saturated carbocycles. The Morgan fingerprint density at radius 1 is 1.24 bits per heavy atom. The molecule has 2 fully saturated rings. The minimum absolute atomic E-state index is 0.305. The van der Waals surface area contributed by atoms with Crippen molar-refractivity contribution in [3.63, 3.8) is 0 Å². The van der Waals surface area contributed by atoms with Gasteiger partial charge in [-0.2, -0.15) is 0 Å². The summed E-state index contributed by atoms with van der Waals surface area (Å²) in [5.74, 6) is 1.03. The Morgan fingerprint density at radius 3 is 2.67 bits per heavy atom. The Balaban J connectivity index is 1.32. The third-order valence-corrected chi connectivity index (χ3v) is 5.10. The van der Waals surface area contributed by atoms with Gasteiger partial charge in [-0.1, -0.05) is 12.8 Å². The van der Waals surface area contributed by atoms with Gasteiger partial charge in [-0.3, -0.25) is 9.80 Å². The van der Waals surface area contributed by atoms with Gasteiger partial charge >= 0.3 is 0 Å². The summed E-state index contributed by atoms with van der Waals surface area (Å²) in [4.78, 5) is 5.32. The van der Waals surface area contributed by atoms with Gasteiger partial charge in [0, 0.05) is 45.3 Å². The van der Waals surface area contributed by atoms with Crippen molar-refractivity contribution < 1.29 is 4.42 Å². The van der Waals surface area contributed by atoms with E-state index in [0.29, 0.717) is 6.04 Å². The molecule has 0 bridgehead atoms. The standard InChI is InChI=1S/C17H29N3O/c1-15(17-7-4-14-21-17)18-8-9-19-10-12-20(13-11-19)16-5-2-3-6-16/h4,7,14-16,18H,2-3,5-6,8-13H2,1H3. The summed E-state index contributed by atoms with van der Waals surface area (Å²) < 4.78 is 5.43. The largest absolute Gasteiger partial charge is 0.468 e. The summed E-state index contributed by atoms with van der Waals surface area (Å²) in [5, 5.41) is 3.55. The Morgan fingerprint density at radius 2 is 2.00 bits per heavy atom. The predicted molar refractivity (Wildman–Crippen MR) is 85.4 cm³/mol. The molecule has 4 heteroatoms. The Bertz CT molecular complexity index is 392. The monoisotopic (exact) mass is 291 g/mol. The second-order valence-electron chi connectivity index (χ2n) is 6.51. The summed E-state index contributed by atoms with van der Waals surface area (Å²) in [5.41, 5.74) is 0. The van der Waals surface area contributed by atoms with Crippen LogP contribution in [0.25, 0.3) is 0 Å². The molecule has 2 aliphatic rings.